The summed E-state index contributed by atoms with van der Waals surface area (Å²) in [6.45, 7) is 1.54. The van der Waals surface area contributed by atoms with Crippen LogP contribution in [0.15, 0.2) is 29.1 Å². The number of rotatable bonds is 2. The number of halogens is 3. The molecule has 0 bridgehead atoms. The second kappa shape index (κ2) is 6.01. The molecule has 0 unspecified atom stereocenters. The molecule has 0 fully saturated rings. The fraction of sp³-hybridized carbons (Fsp3) is 0.118. The van der Waals surface area contributed by atoms with Crippen molar-refractivity contribution in [2.24, 2.45) is 5.73 Å². The summed E-state index contributed by atoms with van der Waals surface area (Å²) in [7, 11) is 0. The number of nitrogen functional groups attached to an aromatic ring is 1. The fourth-order valence-electron chi connectivity index (χ4n) is 2.81. The number of amides is 1. The lowest BCUT2D eigenvalue weighted by Gasteiger charge is -2.16. The third kappa shape index (κ3) is 2.94. The van der Waals surface area contributed by atoms with Crippen molar-refractivity contribution in [3.63, 3.8) is 0 Å². The predicted molar refractivity (Wildman–Crippen MR) is 92.1 cm³/mol. The fourth-order valence-corrected chi connectivity index (χ4v) is 2.81. The van der Waals surface area contributed by atoms with Gasteiger partial charge in [0, 0.05) is 5.56 Å². The van der Waals surface area contributed by atoms with Crippen molar-refractivity contribution in [3.05, 3.63) is 51.4 Å². The van der Waals surface area contributed by atoms with Crippen molar-refractivity contribution >= 4 is 22.6 Å². The Morgan fingerprint density at radius 2 is 1.96 bits per heavy atom. The predicted octanol–water partition coefficient (Wildman–Crippen LogP) is 2.30. The topological polar surface area (TPSA) is 135 Å². The Morgan fingerprint density at radius 3 is 2.56 bits per heavy atom. The zero-order chi connectivity index (χ0) is 20.1. The van der Waals surface area contributed by atoms with Crippen LogP contribution < -0.4 is 17.0 Å². The number of aromatic nitrogens is 2. The first-order chi connectivity index (χ1) is 12.5. The summed E-state index contributed by atoms with van der Waals surface area (Å²) in [6.07, 6.45) is -4.99. The van der Waals surface area contributed by atoms with Crippen molar-refractivity contribution in [1.29, 1.82) is 0 Å². The van der Waals surface area contributed by atoms with Gasteiger partial charge in [0.25, 0.3) is 11.5 Å². The molecule has 3 aromatic rings. The van der Waals surface area contributed by atoms with Gasteiger partial charge in [0.1, 0.15) is 5.75 Å². The molecule has 1 heterocycles. The summed E-state index contributed by atoms with van der Waals surface area (Å²) in [5.41, 5.74) is 8.05. The molecular weight excluding hydrogens is 365 g/mol. The lowest BCUT2D eigenvalue weighted by atomic mass is 9.94. The number of nitrogens with two attached hydrogens (primary N) is 2. The maximum Gasteiger partial charge on any atom is 0.438 e. The summed E-state index contributed by atoms with van der Waals surface area (Å²) in [5, 5.41) is 9.94. The Balaban J connectivity index is 2.53. The van der Waals surface area contributed by atoms with E-state index in [1.165, 1.54) is 18.2 Å². The minimum atomic E-state index is -4.99. The average molecular weight is 378 g/mol. The van der Waals surface area contributed by atoms with E-state index in [1.54, 1.807) is 6.92 Å². The number of phenolic OH excluding ortho intramolecular Hbond substituents is 1. The Labute approximate surface area is 149 Å². The minimum absolute atomic E-state index is 0.0491. The van der Waals surface area contributed by atoms with Crippen LogP contribution in [-0.2, 0) is 6.18 Å². The van der Waals surface area contributed by atoms with Crippen LogP contribution in [-0.4, -0.2) is 21.0 Å². The number of fused-ring (bicyclic) bond motifs is 1. The number of benzene rings is 2. The van der Waals surface area contributed by atoms with Crippen molar-refractivity contribution in [1.82, 2.24) is 9.97 Å². The molecule has 0 aliphatic carbocycles. The second-order valence-electron chi connectivity index (χ2n) is 5.83. The number of alkyl halides is 3. The van der Waals surface area contributed by atoms with Crippen LogP contribution >= 0.6 is 0 Å². The number of H-pyrrole nitrogens is 1. The van der Waals surface area contributed by atoms with Crippen LogP contribution in [0.5, 0.6) is 5.75 Å². The van der Waals surface area contributed by atoms with Gasteiger partial charge in [-0.1, -0.05) is 12.1 Å². The SMILES string of the molecule is Cc1c(O)cccc1-c1c(N)c(C(N)=O)cc2nc(C(F)(F)F)c(=O)[nH]c12. The van der Waals surface area contributed by atoms with Gasteiger partial charge in [-0.15, -0.1) is 0 Å². The van der Waals surface area contributed by atoms with Gasteiger partial charge in [-0.3, -0.25) is 9.59 Å². The number of primary amides is 1. The number of anilines is 1. The summed E-state index contributed by atoms with van der Waals surface area (Å²) in [5.74, 6) is -1.08. The number of hydrogen-bond acceptors (Lipinski definition) is 5. The molecule has 0 aliphatic heterocycles. The molecule has 10 heteroatoms. The first-order valence-electron chi connectivity index (χ1n) is 7.54. The molecule has 0 saturated carbocycles. The summed E-state index contributed by atoms with van der Waals surface area (Å²) >= 11 is 0. The second-order valence-corrected chi connectivity index (χ2v) is 5.83. The Bertz CT molecular complexity index is 1150. The number of nitrogens with zero attached hydrogens (tertiary/aromatic N) is 1. The highest BCUT2D eigenvalue weighted by Crippen LogP contribution is 2.39. The lowest BCUT2D eigenvalue weighted by Crippen LogP contribution is -2.24. The smallest absolute Gasteiger partial charge is 0.438 e. The van der Waals surface area contributed by atoms with E-state index in [0.29, 0.717) is 11.1 Å². The Hall–Kier alpha value is -3.56. The summed E-state index contributed by atoms with van der Waals surface area (Å²) in [6, 6.07) is 5.40. The van der Waals surface area contributed by atoms with Gasteiger partial charge >= 0.3 is 6.18 Å². The highest BCUT2D eigenvalue weighted by atomic mass is 19.4. The van der Waals surface area contributed by atoms with E-state index in [0.717, 1.165) is 6.07 Å². The molecule has 0 radical (unpaired) electrons. The summed E-state index contributed by atoms with van der Waals surface area (Å²) in [4.78, 5) is 29.2. The van der Waals surface area contributed by atoms with Crippen LogP contribution in [0, 0.1) is 6.92 Å². The van der Waals surface area contributed by atoms with Crippen molar-refractivity contribution in [3.8, 4) is 16.9 Å². The number of hydrogen-bond donors (Lipinski definition) is 4. The third-order valence-corrected chi connectivity index (χ3v) is 4.14. The molecule has 1 amide bonds. The molecule has 7 nitrogen and oxygen atoms in total. The molecule has 3 rings (SSSR count). The van der Waals surface area contributed by atoms with E-state index in [-0.39, 0.29) is 33.6 Å². The van der Waals surface area contributed by atoms with Crippen molar-refractivity contribution < 1.29 is 23.1 Å². The third-order valence-electron chi connectivity index (χ3n) is 4.14. The summed E-state index contributed by atoms with van der Waals surface area (Å²) < 4.78 is 39.1. The van der Waals surface area contributed by atoms with E-state index in [2.05, 4.69) is 9.97 Å². The van der Waals surface area contributed by atoms with Crippen LogP contribution in [0.4, 0.5) is 18.9 Å². The molecule has 0 spiro atoms. The number of aromatic hydroxyl groups is 1. The van der Waals surface area contributed by atoms with Crippen LogP contribution in [0.3, 0.4) is 0 Å². The van der Waals surface area contributed by atoms with E-state index in [4.69, 9.17) is 11.5 Å². The molecule has 27 heavy (non-hydrogen) atoms. The normalized spacial score (nSPS) is 11.7. The van der Waals surface area contributed by atoms with Crippen LogP contribution in [0.2, 0.25) is 0 Å². The standard InChI is InChI=1S/C17H13F3N4O3/c1-6-7(3-2-4-10(6)25)11-12(21)8(15(22)26)5-9-13(11)24-16(27)14(23-9)17(18,19)20/h2-5,25H,21H2,1H3,(H2,22,26)(H,24,27). The first kappa shape index (κ1) is 18.2. The molecule has 6 N–H and O–H groups in total. The lowest BCUT2D eigenvalue weighted by molar-refractivity contribution is -0.142. The quantitative estimate of drug-likeness (QED) is 0.508. The number of phenols is 1. The maximum atomic E-state index is 13.0. The average Bonchev–Trinajstić information content (AvgIpc) is 2.56. The number of aromatic amines is 1. The molecule has 0 saturated heterocycles. The van der Waals surface area contributed by atoms with Gasteiger partial charge in [0.15, 0.2) is 0 Å². The first-order valence-corrected chi connectivity index (χ1v) is 7.54. The minimum Gasteiger partial charge on any atom is -0.508 e. The molecule has 1 aromatic heterocycles. The zero-order valence-electron chi connectivity index (χ0n) is 13.8. The largest absolute Gasteiger partial charge is 0.508 e. The number of carbonyl (C=O) groups is 1. The molecule has 0 atom stereocenters. The molecule has 2 aromatic carbocycles. The molecular formula is C17H13F3N4O3. The maximum absolute atomic E-state index is 13.0. The van der Waals surface area contributed by atoms with Crippen LogP contribution in [0.1, 0.15) is 21.6 Å². The van der Waals surface area contributed by atoms with E-state index in [1.807, 2.05) is 0 Å². The molecule has 0 aliphatic rings. The monoisotopic (exact) mass is 378 g/mol. The van der Waals surface area contributed by atoms with Gasteiger partial charge in [0.05, 0.1) is 22.3 Å². The van der Waals surface area contributed by atoms with E-state index in [9.17, 15) is 27.9 Å². The zero-order valence-corrected chi connectivity index (χ0v) is 13.8. The number of nitrogens with one attached hydrogen (secondary N) is 1. The Kier molecular flexibility index (Phi) is 4.06. The molecule has 140 valence electrons. The van der Waals surface area contributed by atoms with Gasteiger partial charge in [-0.05, 0) is 30.2 Å². The highest BCUT2D eigenvalue weighted by Gasteiger charge is 2.37. The van der Waals surface area contributed by atoms with Crippen molar-refractivity contribution in [2.45, 2.75) is 13.1 Å². The van der Waals surface area contributed by atoms with Gasteiger partial charge in [-0.25, -0.2) is 4.98 Å². The van der Waals surface area contributed by atoms with E-state index < -0.39 is 23.3 Å². The Morgan fingerprint density at radius 1 is 1.30 bits per heavy atom. The number of carbonyl (C=O) groups excluding carboxylic acids is 1. The highest BCUT2D eigenvalue weighted by molar-refractivity contribution is 6.10. The van der Waals surface area contributed by atoms with Gasteiger partial charge in [-0.2, -0.15) is 13.2 Å². The van der Waals surface area contributed by atoms with Crippen LogP contribution in [0.25, 0.3) is 22.2 Å². The van der Waals surface area contributed by atoms with E-state index >= 15 is 0 Å². The van der Waals surface area contributed by atoms with Gasteiger partial charge in [0.2, 0.25) is 5.69 Å². The van der Waals surface area contributed by atoms with Gasteiger partial charge < -0.3 is 21.6 Å². The van der Waals surface area contributed by atoms with Crippen molar-refractivity contribution in [2.75, 3.05) is 5.73 Å².